The molecule has 1 fully saturated rings. The summed E-state index contributed by atoms with van der Waals surface area (Å²) in [6, 6.07) is 5.48. The number of thioether (sulfide) groups is 1. The molecule has 1 saturated carbocycles. The van der Waals surface area contributed by atoms with Crippen LogP contribution in [-0.4, -0.2) is 23.0 Å². The molecule has 1 atom stereocenters. The molecule has 2 rings (SSSR count). The van der Waals surface area contributed by atoms with Crippen LogP contribution in [0.2, 0.25) is 0 Å². The number of benzene rings is 1. The molecule has 94 valence electrons. The fourth-order valence-corrected chi connectivity index (χ4v) is 2.53. The summed E-state index contributed by atoms with van der Waals surface area (Å²) in [6.45, 7) is 2.81. The average Bonchev–Trinajstić information content (AvgIpc) is 3.13. The second kappa shape index (κ2) is 5.85. The van der Waals surface area contributed by atoms with E-state index in [0.29, 0.717) is 12.6 Å². The maximum Gasteiger partial charge on any atom is 0.123 e. The third kappa shape index (κ3) is 3.98. The van der Waals surface area contributed by atoms with Gasteiger partial charge in [-0.25, -0.2) is 4.39 Å². The Balaban J connectivity index is 2.05. The van der Waals surface area contributed by atoms with Crippen LogP contribution in [0.25, 0.3) is 0 Å². The van der Waals surface area contributed by atoms with Crippen molar-refractivity contribution in [1.82, 2.24) is 5.32 Å². The molecule has 0 aliphatic heterocycles. The first kappa shape index (κ1) is 12.9. The van der Waals surface area contributed by atoms with Gasteiger partial charge in [-0.3, -0.25) is 0 Å². The minimum atomic E-state index is -0.196. The molecule has 0 aromatic heterocycles. The molecule has 0 heterocycles. The van der Waals surface area contributed by atoms with Crippen molar-refractivity contribution >= 4 is 11.8 Å². The molecule has 0 radical (unpaired) electrons. The number of hydrogen-bond donors (Lipinski definition) is 2. The zero-order valence-corrected chi connectivity index (χ0v) is 10.8. The van der Waals surface area contributed by atoms with Crippen LogP contribution in [0.5, 0.6) is 0 Å². The molecule has 0 saturated heterocycles. The van der Waals surface area contributed by atoms with Crippen molar-refractivity contribution in [2.75, 3.05) is 6.61 Å². The summed E-state index contributed by atoms with van der Waals surface area (Å²) in [5.41, 5.74) is 0.988. The van der Waals surface area contributed by atoms with Gasteiger partial charge in [0.15, 0.2) is 0 Å². The first-order valence-corrected chi connectivity index (χ1v) is 6.86. The molecule has 17 heavy (non-hydrogen) atoms. The van der Waals surface area contributed by atoms with E-state index >= 15 is 0 Å². The predicted octanol–water partition coefficient (Wildman–Crippen LogP) is 2.55. The molecule has 1 aromatic carbocycles. The van der Waals surface area contributed by atoms with Crippen LogP contribution in [-0.2, 0) is 6.54 Å². The van der Waals surface area contributed by atoms with Gasteiger partial charge in [-0.1, -0.05) is 6.92 Å². The number of nitrogens with one attached hydrogen (secondary N) is 1. The third-order valence-corrected chi connectivity index (χ3v) is 3.97. The van der Waals surface area contributed by atoms with Crippen LogP contribution in [0, 0.1) is 5.82 Å². The Morgan fingerprint density at radius 2 is 2.29 bits per heavy atom. The summed E-state index contributed by atoms with van der Waals surface area (Å²) >= 11 is 1.59. The van der Waals surface area contributed by atoms with Crippen LogP contribution in [0.3, 0.4) is 0 Å². The molecule has 2 N–H and O–H groups in total. The maximum atomic E-state index is 13.2. The fourth-order valence-electron chi connectivity index (χ4n) is 1.60. The van der Waals surface area contributed by atoms with Crippen molar-refractivity contribution in [1.29, 1.82) is 0 Å². The van der Waals surface area contributed by atoms with E-state index < -0.39 is 0 Å². The Labute approximate surface area is 106 Å². The van der Waals surface area contributed by atoms with E-state index in [9.17, 15) is 4.39 Å². The summed E-state index contributed by atoms with van der Waals surface area (Å²) < 4.78 is 13.2. The zero-order valence-electron chi connectivity index (χ0n) is 9.95. The number of halogens is 1. The van der Waals surface area contributed by atoms with Crippen molar-refractivity contribution in [2.24, 2.45) is 0 Å². The van der Waals surface area contributed by atoms with Crippen molar-refractivity contribution in [2.45, 2.75) is 42.5 Å². The van der Waals surface area contributed by atoms with E-state index in [0.717, 1.165) is 10.5 Å². The summed E-state index contributed by atoms with van der Waals surface area (Å²) in [5, 5.41) is 12.6. The largest absolute Gasteiger partial charge is 0.395 e. The third-order valence-electron chi connectivity index (χ3n) is 2.77. The molecule has 1 aliphatic carbocycles. The SMILES string of the molecule is CC(CO)Sc1ccc(F)cc1CNC1CC1. The Kier molecular flexibility index (Phi) is 4.42. The zero-order chi connectivity index (χ0) is 12.3. The minimum absolute atomic E-state index is 0.136. The Morgan fingerprint density at radius 3 is 2.94 bits per heavy atom. The van der Waals surface area contributed by atoms with Gasteiger partial charge in [-0.15, -0.1) is 11.8 Å². The molecule has 0 bridgehead atoms. The first-order chi connectivity index (χ1) is 8.19. The van der Waals surface area contributed by atoms with Crippen molar-refractivity contribution in [3.63, 3.8) is 0 Å². The predicted molar refractivity (Wildman–Crippen MR) is 68.7 cm³/mol. The van der Waals surface area contributed by atoms with Crippen molar-refractivity contribution < 1.29 is 9.50 Å². The maximum absolute atomic E-state index is 13.2. The number of rotatable bonds is 6. The number of aliphatic hydroxyl groups is 1. The minimum Gasteiger partial charge on any atom is -0.395 e. The van der Waals surface area contributed by atoms with Crippen LogP contribution < -0.4 is 5.32 Å². The second-order valence-corrected chi connectivity index (χ2v) is 6.00. The van der Waals surface area contributed by atoms with Gasteiger partial charge >= 0.3 is 0 Å². The molecule has 1 aromatic rings. The quantitative estimate of drug-likeness (QED) is 0.766. The van der Waals surface area contributed by atoms with E-state index in [2.05, 4.69) is 5.32 Å². The van der Waals surface area contributed by atoms with E-state index in [-0.39, 0.29) is 17.7 Å². The number of hydrogen-bond acceptors (Lipinski definition) is 3. The molecule has 1 aliphatic rings. The highest BCUT2D eigenvalue weighted by molar-refractivity contribution is 8.00. The van der Waals surface area contributed by atoms with Gasteiger partial charge in [-0.05, 0) is 36.6 Å². The highest BCUT2D eigenvalue weighted by atomic mass is 32.2. The van der Waals surface area contributed by atoms with Crippen molar-refractivity contribution in [3.8, 4) is 0 Å². The standard InChI is InChI=1S/C13H18FNOS/c1-9(8-16)17-13-5-2-11(14)6-10(13)7-15-12-3-4-12/h2,5-6,9,12,15-16H,3-4,7-8H2,1H3. The second-order valence-electron chi connectivity index (χ2n) is 4.52. The molecule has 4 heteroatoms. The first-order valence-electron chi connectivity index (χ1n) is 5.98. The summed E-state index contributed by atoms with van der Waals surface area (Å²) in [6.07, 6.45) is 2.45. The van der Waals surface area contributed by atoms with E-state index in [1.807, 2.05) is 6.92 Å². The fraction of sp³-hybridized carbons (Fsp3) is 0.538. The molecular formula is C13H18FNOS. The lowest BCUT2D eigenvalue weighted by molar-refractivity contribution is 0.300. The van der Waals surface area contributed by atoms with Gasteiger partial charge in [0.2, 0.25) is 0 Å². The highest BCUT2D eigenvalue weighted by Gasteiger charge is 2.20. The van der Waals surface area contributed by atoms with Gasteiger partial charge in [0.1, 0.15) is 5.82 Å². The Bertz CT molecular complexity index is 382. The van der Waals surface area contributed by atoms with E-state index in [1.54, 1.807) is 23.9 Å². The molecule has 2 nitrogen and oxygen atoms in total. The summed E-state index contributed by atoms with van der Waals surface area (Å²) in [4.78, 5) is 1.06. The lowest BCUT2D eigenvalue weighted by atomic mass is 10.2. The highest BCUT2D eigenvalue weighted by Crippen LogP contribution is 2.28. The Morgan fingerprint density at radius 1 is 1.53 bits per heavy atom. The molecule has 1 unspecified atom stereocenters. The smallest absolute Gasteiger partial charge is 0.123 e. The molecule has 0 spiro atoms. The lowest BCUT2D eigenvalue weighted by Gasteiger charge is -2.13. The normalized spacial score (nSPS) is 17.1. The van der Waals surface area contributed by atoms with Gasteiger partial charge in [0, 0.05) is 22.7 Å². The van der Waals surface area contributed by atoms with E-state index in [1.165, 1.54) is 18.9 Å². The topological polar surface area (TPSA) is 32.3 Å². The summed E-state index contributed by atoms with van der Waals surface area (Å²) in [5.74, 6) is -0.196. The van der Waals surface area contributed by atoms with Crippen LogP contribution in [0.1, 0.15) is 25.3 Å². The van der Waals surface area contributed by atoms with E-state index in [4.69, 9.17) is 5.11 Å². The number of aliphatic hydroxyl groups excluding tert-OH is 1. The monoisotopic (exact) mass is 255 g/mol. The Hall–Kier alpha value is -0.580. The van der Waals surface area contributed by atoms with Crippen molar-refractivity contribution in [3.05, 3.63) is 29.6 Å². The van der Waals surface area contributed by atoms with Gasteiger partial charge in [-0.2, -0.15) is 0 Å². The summed E-state index contributed by atoms with van der Waals surface area (Å²) in [7, 11) is 0. The molecular weight excluding hydrogens is 237 g/mol. The molecule has 0 amide bonds. The van der Waals surface area contributed by atoms with Gasteiger partial charge < -0.3 is 10.4 Å². The van der Waals surface area contributed by atoms with Crippen LogP contribution in [0.15, 0.2) is 23.1 Å². The van der Waals surface area contributed by atoms with Crippen LogP contribution in [0.4, 0.5) is 4.39 Å². The van der Waals surface area contributed by atoms with Gasteiger partial charge in [0.05, 0.1) is 6.61 Å². The van der Waals surface area contributed by atoms with Gasteiger partial charge in [0.25, 0.3) is 0 Å². The van der Waals surface area contributed by atoms with Crippen LogP contribution >= 0.6 is 11.8 Å². The average molecular weight is 255 g/mol. The lowest BCUT2D eigenvalue weighted by Crippen LogP contribution is -2.16.